The lowest BCUT2D eigenvalue weighted by atomic mass is 10.0. The summed E-state index contributed by atoms with van der Waals surface area (Å²) in [6, 6.07) is 0. The van der Waals surface area contributed by atoms with Crippen molar-refractivity contribution in [2.75, 3.05) is 13.1 Å². The minimum atomic E-state index is 0.885. The van der Waals surface area contributed by atoms with Gasteiger partial charge in [-0.2, -0.15) is 0 Å². The molecule has 0 saturated carbocycles. The van der Waals surface area contributed by atoms with Crippen LogP contribution in [-0.2, 0) is 0 Å². The first kappa shape index (κ1) is 12.0. The Morgan fingerprint density at radius 2 is 1.36 bits per heavy atom. The van der Waals surface area contributed by atoms with E-state index in [1.807, 2.05) is 0 Å². The quantitative estimate of drug-likeness (QED) is 0.624. The van der Waals surface area contributed by atoms with Crippen LogP contribution in [0.1, 0.15) is 64.7 Å². The minimum Gasteiger partial charge on any atom is -0.316 e. The molecule has 1 N–H and O–H groups in total. The van der Waals surface area contributed by atoms with Gasteiger partial charge in [0.15, 0.2) is 0 Å². The van der Waals surface area contributed by atoms with Gasteiger partial charge in [0.1, 0.15) is 0 Å². The molecule has 1 aliphatic rings. The van der Waals surface area contributed by atoms with E-state index in [1.54, 1.807) is 0 Å². The molecule has 14 heavy (non-hydrogen) atoms. The molecule has 1 fully saturated rings. The van der Waals surface area contributed by atoms with Gasteiger partial charge in [-0.1, -0.05) is 51.9 Å². The average molecular weight is 197 g/mol. The molecule has 0 bridgehead atoms. The average Bonchev–Trinajstić information content (AvgIpc) is 2.20. The Morgan fingerprint density at radius 1 is 0.786 bits per heavy atom. The highest BCUT2D eigenvalue weighted by Gasteiger charge is 2.02. The van der Waals surface area contributed by atoms with Crippen molar-refractivity contribution in [1.29, 1.82) is 0 Å². The van der Waals surface area contributed by atoms with Crippen molar-refractivity contribution in [2.45, 2.75) is 64.7 Å². The third-order valence-electron chi connectivity index (χ3n) is 3.29. The summed E-state index contributed by atoms with van der Waals surface area (Å²) < 4.78 is 0. The van der Waals surface area contributed by atoms with Gasteiger partial charge in [0.2, 0.25) is 0 Å². The van der Waals surface area contributed by atoms with E-state index in [0.717, 1.165) is 5.92 Å². The summed E-state index contributed by atoms with van der Waals surface area (Å²) in [5, 5.41) is 3.57. The van der Waals surface area contributed by atoms with Crippen molar-refractivity contribution in [3.8, 4) is 0 Å². The standard InChI is InChI=1S/C13H27N/c1-13-10-8-6-4-2-3-5-7-9-11-14-12-13/h13-14H,2-12H2,1H3. The second-order valence-corrected chi connectivity index (χ2v) is 4.93. The molecule has 0 aromatic carbocycles. The fourth-order valence-electron chi connectivity index (χ4n) is 2.25. The second-order valence-electron chi connectivity index (χ2n) is 4.93. The van der Waals surface area contributed by atoms with Gasteiger partial charge in [-0.15, -0.1) is 0 Å². The van der Waals surface area contributed by atoms with Gasteiger partial charge in [-0.05, 0) is 31.8 Å². The van der Waals surface area contributed by atoms with Crippen LogP contribution < -0.4 is 5.32 Å². The van der Waals surface area contributed by atoms with Gasteiger partial charge >= 0.3 is 0 Å². The molecule has 0 radical (unpaired) electrons. The zero-order chi connectivity index (χ0) is 10.1. The zero-order valence-corrected chi connectivity index (χ0v) is 9.86. The topological polar surface area (TPSA) is 12.0 Å². The summed E-state index contributed by atoms with van der Waals surface area (Å²) in [6.07, 6.45) is 13.0. The van der Waals surface area contributed by atoms with E-state index < -0.39 is 0 Å². The van der Waals surface area contributed by atoms with Crippen LogP contribution in [0.15, 0.2) is 0 Å². The summed E-state index contributed by atoms with van der Waals surface area (Å²) in [6.45, 7) is 4.86. The molecule has 1 heteroatoms. The third-order valence-corrected chi connectivity index (χ3v) is 3.29. The first-order valence-electron chi connectivity index (χ1n) is 6.60. The van der Waals surface area contributed by atoms with E-state index in [4.69, 9.17) is 0 Å². The number of hydrogen-bond acceptors (Lipinski definition) is 1. The maximum Gasteiger partial charge on any atom is -0.00232 e. The summed E-state index contributed by atoms with van der Waals surface area (Å²) in [4.78, 5) is 0. The van der Waals surface area contributed by atoms with Gasteiger partial charge in [0.05, 0.1) is 0 Å². The highest BCUT2D eigenvalue weighted by Crippen LogP contribution is 2.13. The van der Waals surface area contributed by atoms with Crippen molar-refractivity contribution >= 4 is 0 Å². The van der Waals surface area contributed by atoms with Crippen LogP contribution in [-0.4, -0.2) is 13.1 Å². The Bertz CT molecular complexity index is 108. The van der Waals surface area contributed by atoms with Crippen LogP contribution in [0.3, 0.4) is 0 Å². The van der Waals surface area contributed by atoms with Crippen LogP contribution in [0, 0.1) is 5.92 Å². The van der Waals surface area contributed by atoms with Crippen LogP contribution in [0.5, 0.6) is 0 Å². The van der Waals surface area contributed by atoms with Crippen molar-refractivity contribution in [3.05, 3.63) is 0 Å². The Labute approximate surface area is 89.7 Å². The predicted octanol–water partition coefficient (Wildman–Crippen LogP) is 3.74. The van der Waals surface area contributed by atoms with E-state index in [9.17, 15) is 0 Å². The van der Waals surface area contributed by atoms with E-state index in [2.05, 4.69) is 12.2 Å². The normalized spacial score (nSPS) is 28.5. The number of hydrogen-bond donors (Lipinski definition) is 1. The van der Waals surface area contributed by atoms with Crippen LogP contribution in [0.4, 0.5) is 0 Å². The minimum absolute atomic E-state index is 0.885. The fourth-order valence-corrected chi connectivity index (χ4v) is 2.25. The molecule has 1 nitrogen and oxygen atoms in total. The van der Waals surface area contributed by atoms with Crippen LogP contribution in [0.2, 0.25) is 0 Å². The maximum absolute atomic E-state index is 3.57. The molecule has 1 rings (SSSR count). The Kier molecular flexibility index (Phi) is 7.12. The Morgan fingerprint density at radius 3 is 2.07 bits per heavy atom. The molecule has 1 heterocycles. The summed E-state index contributed by atoms with van der Waals surface area (Å²) in [5.74, 6) is 0.885. The molecule has 1 aliphatic heterocycles. The van der Waals surface area contributed by atoms with Gasteiger partial charge in [0, 0.05) is 0 Å². The fraction of sp³-hybridized carbons (Fsp3) is 1.00. The van der Waals surface area contributed by atoms with Crippen molar-refractivity contribution in [3.63, 3.8) is 0 Å². The highest BCUT2D eigenvalue weighted by molar-refractivity contribution is 4.59. The molecule has 0 aliphatic carbocycles. The van der Waals surface area contributed by atoms with Gasteiger partial charge in [0.25, 0.3) is 0 Å². The number of nitrogens with one attached hydrogen (secondary N) is 1. The third kappa shape index (κ3) is 6.42. The van der Waals surface area contributed by atoms with Crippen molar-refractivity contribution in [2.24, 2.45) is 5.92 Å². The SMILES string of the molecule is CC1CCCCCCCCCCNC1. The molecule has 0 spiro atoms. The number of rotatable bonds is 0. The smallest absolute Gasteiger partial charge is 0.00232 e. The molecule has 0 aromatic rings. The van der Waals surface area contributed by atoms with E-state index in [1.165, 1.54) is 70.9 Å². The molecule has 0 amide bonds. The lowest BCUT2D eigenvalue weighted by Crippen LogP contribution is -2.22. The molecular weight excluding hydrogens is 170 g/mol. The van der Waals surface area contributed by atoms with Crippen LogP contribution >= 0.6 is 0 Å². The molecular formula is C13H27N. The van der Waals surface area contributed by atoms with Crippen molar-refractivity contribution in [1.82, 2.24) is 5.32 Å². The van der Waals surface area contributed by atoms with E-state index in [-0.39, 0.29) is 0 Å². The lowest BCUT2D eigenvalue weighted by Gasteiger charge is -2.11. The molecule has 84 valence electrons. The van der Waals surface area contributed by atoms with Gasteiger partial charge in [-0.25, -0.2) is 0 Å². The van der Waals surface area contributed by atoms with Gasteiger partial charge < -0.3 is 5.32 Å². The predicted molar refractivity (Wildman–Crippen MR) is 63.6 cm³/mol. The lowest BCUT2D eigenvalue weighted by molar-refractivity contribution is 0.454. The summed E-state index contributed by atoms with van der Waals surface area (Å²) in [7, 11) is 0. The van der Waals surface area contributed by atoms with Crippen LogP contribution in [0.25, 0.3) is 0 Å². The summed E-state index contributed by atoms with van der Waals surface area (Å²) in [5.41, 5.74) is 0. The monoisotopic (exact) mass is 197 g/mol. The van der Waals surface area contributed by atoms with E-state index in [0.29, 0.717) is 0 Å². The highest BCUT2D eigenvalue weighted by atomic mass is 14.8. The first-order chi connectivity index (χ1) is 6.89. The molecule has 1 saturated heterocycles. The molecule has 0 aromatic heterocycles. The Balaban J connectivity index is 2.12. The zero-order valence-electron chi connectivity index (χ0n) is 9.86. The maximum atomic E-state index is 3.57. The van der Waals surface area contributed by atoms with E-state index >= 15 is 0 Å². The molecule has 1 atom stereocenters. The Hall–Kier alpha value is -0.0400. The first-order valence-corrected chi connectivity index (χ1v) is 6.60. The van der Waals surface area contributed by atoms with Gasteiger partial charge in [-0.3, -0.25) is 0 Å². The van der Waals surface area contributed by atoms with Crippen molar-refractivity contribution < 1.29 is 0 Å². The largest absolute Gasteiger partial charge is 0.316 e. The summed E-state index contributed by atoms with van der Waals surface area (Å²) >= 11 is 0. The molecule has 1 unspecified atom stereocenters. The second kappa shape index (κ2) is 8.28.